The molecule has 4 rings (SSSR count). The van der Waals surface area contributed by atoms with Crippen molar-refractivity contribution in [3.05, 3.63) is 30.5 Å². The number of rotatable bonds is 6. The molecule has 1 N–H and O–H groups in total. The Balaban J connectivity index is 1.66. The van der Waals surface area contributed by atoms with Crippen LogP contribution < -0.4 is 5.32 Å². The van der Waals surface area contributed by atoms with Crippen LogP contribution in [0.1, 0.15) is 39.9 Å². The van der Waals surface area contributed by atoms with Crippen LogP contribution in [0.3, 0.4) is 0 Å². The molecule has 3 aromatic rings. The van der Waals surface area contributed by atoms with E-state index in [1.807, 2.05) is 43.2 Å². The third-order valence-corrected chi connectivity index (χ3v) is 5.76. The second kappa shape index (κ2) is 9.20. The van der Waals surface area contributed by atoms with Gasteiger partial charge in [0.15, 0.2) is 5.65 Å². The van der Waals surface area contributed by atoms with Crippen LogP contribution in [-0.2, 0) is 16.1 Å². The molecule has 3 unspecified atom stereocenters. The summed E-state index contributed by atoms with van der Waals surface area (Å²) in [6.45, 7) is 11.9. The molecule has 0 aromatic carbocycles. The summed E-state index contributed by atoms with van der Waals surface area (Å²) >= 11 is 0. The first-order valence-corrected chi connectivity index (χ1v) is 11.3. The van der Waals surface area contributed by atoms with Crippen LogP contribution in [0.4, 0.5) is 5.69 Å². The van der Waals surface area contributed by atoms with Gasteiger partial charge < -0.3 is 19.5 Å². The Morgan fingerprint density at radius 2 is 1.88 bits per heavy atom. The fraction of sp³-hybridized carbons (Fsp3) is 0.522. The lowest BCUT2D eigenvalue weighted by molar-refractivity contribution is -0.144. The molecule has 3 atom stereocenters. The van der Waals surface area contributed by atoms with E-state index in [0.29, 0.717) is 31.9 Å². The van der Waals surface area contributed by atoms with E-state index in [4.69, 9.17) is 9.72 Å². The normalized spacial score (nSPS) is 19.8. The molecule has 0 radical (unpaired) electrons. The van der Waals surface area contributed by atoms with Crippen LogP contribution >= 0.6 is 0 Å². The summed E-state index contributed by atoms with van der Waals surface area (Å²) in [6, 6.07) is 1.53. The number of carbonyl (C=O) groups is 1. The Morgan fingerprint density at radius 3 is 2.50 bits per heavy atom. The van der Waals surface area contributed by atoms with E-state index in [-0.39, 0.29) is 24.2 Å². The summed E-state index contributed by atoms with van der Waals surface area (Å²) < 4.78 is 7.83. The van der Waals surface area contributed by atoms with Gasteiger partial charge in [0.1, 0.15) is 23.2 Å². The molecule has 1 amide bonds. The van der Waals surface area contributed by atoms with E-state index in [9.17, 15) is 4.79 Å². The van der Waals surface area contributed by atoms with Crippen molar-refractivity contribution in [1.82, 2.24) is 29.4 Å². The largest absolute Gasteiger partial charge is 0.372 e. The van der Waals surface area contributed by atoms with Gasteiger partial charge in [-0.2, -0.15) is 0 Å². The molecule has 1 aliphatic heterocycles. The minimum Gasteiger partial charge on any atom is -0.372 e. The maximum atomic E-state index is 13.3. The number of carbonyl (C=O) groups excluding carboxylic acids is 1. The number of anilines is 1. The lowest BCUT2D eigenvalue weighted by Crippen LogP contribution is -2.52. The van der Waals surface area contributed by atoms with Crippen molar-refractivity contribution in [2.75, 3.05) is 18.4 Å². The molecule has 9 nitrogen and oxygen atoms in total. The molecule has 1 aliphatic rings. The number of amides is 1. The number of ether oxygens (including phenoxy) is 1. The van der Waals surface area contributed by atoms with Crippen molar-refractivity contribution in [1.29, 1.82) is 0 Å². The number of hydrogen-bond acceptors (Lipinski definition) is 7. The molecule has 0 spiro atoms. The minimum absolute atomic E-state index is 0.0346. The van der Waals surface area contributed by atoms with Crippen molar-refractivity contribution < 1.29 is 9.53 Å². The molecule has 32 heavy (non-hydrogen) atoms. The van der Waals surface area contributed by atoms with Crippen LogP contribution in [0.5, 0.6) is 0 Å². The van der Waals surface area contributed by atoms with E-state index in [1.165, 1.54) is 0 Å². The van der Waals surface area contributed by atoms with Gasteiger partial charge in [-0.05, 0) is 40.2 Å². The average molecular weight is 438 g/mol. The highest BCUT2D eigenvalue weighted by molar-refractivity contribution is 5.92. The Labute approximate surface area is 188 Å². The van der Waals surface area contributed by atoms with Gasteiger partial charge >= 0.3 is 0 Å². The van der Waals surface area contributed by atoms with Gasteiger partial charge in [0.25, 0.3) is 0 Å². The highest BCUT2D eigenvalue weighted by atomic mass is 16.5. The van der Waals surface area contributed by atoms with Crippen LogP contribution in [0.15, 0.2) is 24.7 Å². The average Bonchev–Trinajstić information content (AvgIpc) is 3.16. The molecule has 0 bridgehead atoms. The molecule has 0 saturated carbocycles. The van der Waals surface area contributed by atoms with Gasteiger partial charge in [0.2, 0.25) is 5.91 Å². The van der Waals surface area contributed by atoms with Gasteiger partial charge in [-0.15, -0.1) is 0 Å². The number of aromatic nitrogens is 5. The molecule has 1 fully saturated rings. The van der Waals surface area contributed by atoms with E-state index < -0.39 is 0 Å². The SMILES string of the molecule is CCC(Nc1ccnc2c1nc(-c1cnc(C)nc1)n2CC)C(=O)N1CC(C)OC(C)C1. The van der Waals surface area contributed by atoms with E-state index >= 15 is 0 Å². The van der Waals surface area contributed by atoms with Crippen molar-refractivity contribution in [3.63, 3.8) is 0 Å². The third kappa shape index (κ3) is 4.29. The predicted octanol–water partition coefficient (Wildman–Crippen LogP) is 3.04. The quantitative estimate of drug-likeness (QED) is 0.633. The van der Waals surface area contributed by atoms with Crippen LogP contribution in [0, 0.1) is 6.92 Å². The second-order valence-electron chi connectivity index (χ2n) is 8.34. The summed E-state index contributed by atoms with van der Waals surface area (Å²) in [4.78, 5) is 33.3. The van der Waals surface area contributed by atoms with Gasteiger partial charge in [-0.25, -0.2) is 19.9 Å². The van der Waals surface area contributed by atoms with Crippen LogP contribution in [0.25, 0.3) is 22.6 Å². The predicted molar refractivity (Wildman–Crippen MR) is 123 cm³/mol. The maximum Gasteiger partial charge on any atom is 0.245 e. The van der Waals surface area contributed by atoms with Crippen LogP contribution in [0.2, 0.25) is 0 Å². The number of imidazole rings is 1. The van der Waals surface area contributed by atoms with Crippen molar-refractivity contribution >= 4 is 22.8 Å². The summed E-state index contributed by atoms with van der Waals surface area (Å²) in [6.07, 6.45) is 6.05. The first kappa shape index (κ1) is 22.1. The fourth-order valence-corrected chi connectivity index (χ4v) is 4.27. The molecule has 0 aliphatic carbocycles. The summed E-state index contributed by atoms with van der Waals surface area (Å²) in [5, 5.41) is 3.44. The lowest BCUT2D eigenvalue weighted by atomic mass is 10.1. The smallest absolute Gasteiger partial charge is 0.245 e. The number of nitrogens with one attached hydrogen (secondary N) is 1. The van der Waals surface area contributed by atoms with E-state index in [0.717, 1.165) is 28.2 Å². The van der Waals surface area contributed by atoms with Gasteiger partial charge in [-0.1, -0.05) is 6.92 Å². The second-order valence-corrected chi connectivity index (χ2v) is 8.34. The molecule has 4 heterocycles. The van der Waals surface area contributed by atoms with Gasteiger partial charge in [0, 0.05) is 38.2 Å². The van der Waals surface area contributed by atoms with Crippen molar-refractivity contribution in [3.8, 4) is 11.4 Å². The number of nitrogens with zero attached hydrogens (tertiary/aromatic N) is 6. The highest BCUT2D eigenvalue weighted by Gasteiger charge is 2.30. The first-order chi connectivity index (χ1) is 15.4. The fourth-order valence-electron chi connectivity index (χ4n) is 4.27. The summed E-state index contributed by atoms with van der Waals surface area (Å²) in [5.74, 6) is 1.56. The third-order valence-electron chi connectivity index (χ3n) is 5.76. The number of morpholine rings is 1. The topological polar surface area (TPSA) is 98.1 Å². The number of hydrogen-bond donors (Lipinski definition) is 1. The van der Waals surface area contributed by atoms with E-state index in [2.05, 4.69) is 27.2 Å². The molecule has 9 heteroatoms. The number of fused-ring (bicyclic) bond motifs is 1. The zero-order valence-corrected chi connectivity index (χ0v) is 19.4. The lowest BCUT2D eigenvalue weighted by Gasteiger charge is -2.37. The highest BCUT2D eigenvalue weighted by Crippen LogP contribution is 2.28. The molecular formula is C23H31N7O2. The molecule has 3 aromatic heterocycles. The Hall–Kier alpha value is -3.07. The molecule has 1 saturated heterocycles. The maximum absolute atomic E-state index is 13.3. The standard InChI is InChI=1S/C23H31N7O2/c1-6-18(23(31)29-12-14(3)32-15(4)13-29)27-19-8-9-24-22-20(19)28-21(30(22)7-2)17-10-25-16(5)26-11-17/h8-11,14-15,18H,6-7,12-13H2,1-5H3,(H,24,27). The first-order valence-electron chi connectivity index (χ1n) is 11.3. The van der Waals surface area contributed by atoms with Crippen LogP contribution in [-0.4, -0.2) is 66.6 Å². The summed E-state index contributed by atoms with van der Waals surface area (Å²) in [5.41, 5.74) is 3.13. The zero-order chi connectivity index (χ0) is 22.8. The van der Waals surface area contributed by atoms with E-state index in [1.54, 1.807) is 18.6 Å². The Bertz CT molecular complexity index is 1090. The van der Waals surface area contributed by atoms with Gasteiger partial charge in [0.05, 0.1) is 23.5 Å². The Morgan fingerprint density at radius 1 is 1.19 bits per heavy atom. The van der Waals surface area contributed by atoms with Gasteiger partial charge in [-0.3, -0.25) is 4.79 Å². The Kier molecular flexibility index (Phi) is 6.36. The zero-order valence-electron chi connectivity index (χ0n) is 19.4. The molecule has 170 valence electrons. The number of aryl methyl sites for hydroxylation is 2. The minimum atomic E-state index is -0.351. The summed E-state index contributed by atoms with van der Waals surface area (Å²) in [7, 11) is 0. The number of pyridine rings is 1. The molecular weight excluding hydrogens is 406 g/mol. The van der Waals surface area contributed by atoms with Crippen molar-refractivity contribution in [2.45, 2.75) is 65.8 Å². The van der Waals surface area contributed by atoms with Crippen molar-refractivity contribution in [2.24, 2.45) is 0 Å². The monoisotopic (exact) mass is 437 g/mol.